The van der Waals surface area contributed by atoms with E-state index in [4.69, 9.17) is 0 Å². The molecule has 0 bridgehead atoms. The minimum atomic E-state index is -0.349. The van der Waals surface area contributed by atoms with Crippen molar-refractivity contribution in [3.05, 3.63) is 35.4 Å². The van der Waals surface area contributed by atoms with Crippen LogP contribution >= 0.6 is 11.3 Å². The van der Waals surface area contributed by atoms with Crippen LogP contribution in [0.15, 0.2) is 24.5 Å². The number of anilines is 1. The number of urea groups is 1. The quantitative estimate of drug-likeness (QED) is 0.645. The van der Waals surface area contributed by atoms with Gasteiger partial charge in [0.05, 0.1) is 6.54 Å². The Morgan fingerprint density at radius 3 is 2.88 bits per heavy atom. The smallest absolute Gasteiger partial charge is 0.321 e. The van der Waals surface area contributed by atoms with Gasteiger partial charge >= 0.3 is 6.03 Å². The second kappa shape index (κ2) is 6.93. The molecular formula is C15H16N8OS. The Labute approximate surface area is 147 Å². The van der Waals surface area contributed by atoms with E-state index < -0.39 is 0 Å². The van der Waals surface area contributed by atoms with Gasteiger partial charge in [-0.2, -0.15) is 5.10 Å². The molecule has 0 atom stereocenters. The Kier molecular flexibility index (Phi) is 4.34. The molecule has 25 heavy (non-hydrogen) atoms. The van der Waals surface area contributed by atoms with Crippen LogP contribution < -0.4 is 10.6 Å². The first-order valence-corrected chi connectivity index (χ1v) is 8.79. The third kappa shape index (κ3) is 3.63. The van der Waals surface area contributed by atoms with E-state index in [1.165, 1.54) is 17.8 Å². The van der Waals surface area contributed by atoms with E-state index in [0.717, 1.165) is 23.4 Å². The number of H-pyrrole nitrogens is 1. The molecule has 1 saturated carbocycles. The van der Waals surface area contributed by atoms with E-state index in [0.29, 0.717) is 22.7 Å². The van der Waals surface area contributed by atoms with Crippen LogP contribution in [0.2, 0.25) is 0 Å². The van der Waals surface area contributed by atoms with E-state index in [2.05, 4.69) is 41.0 Å². The Morgan fingerprint density at radius 1 is 1.28 bits per heavy atom. The Morgan fingerprint density at radius 2 is 2.12 bits per heavy atom. The average Bonchev–Trinajstić information content (AvgIpc) is 3.22. The first-order chi connectivity index (χ1) is 12.3. The minimum Gasteiger partial charge on any atom is -0.331 e. The lowest BCUT2D eigenvalue weighted by Crippen LogP contribution is -2.28. The van der Waals surface area contributed by atoms with Crippen LogP contribution in [-0.2, 0) is 6.54 Å². The summed E-state index contributed by atoms with van der Waals surface area (Å²) < 4.78 is 0. The summed E-state index contributed by atoms with van der Waals surface area (Å²) in [5.41, 5.74) is 0.860. The normalized spacial score (nSPS) is 14.1. The first-order valence-electron chi connectivity index (χ1n) is 7.98. The summed E-state index contributed by atoms with van der Waals surface area (Å²) in [6.45, 7) is 0.234. The van der Waals surface area contributed by atoms with Crippen LogP contribution in [0.25, 0.3) is 11.4 Å². The molecule has 10 heteroatoms. The van der Waals surface area contributed by atoms with E-state index in [1.54, 1.807) is 12.4 Å². The Balaban J connectivity index is 1.30. The second-order valence-electron chi connectivity index (χ2n) is 5.72. The van der Waals surface area contributed by atoms with Crippen LogP contribution in [0.1, 0.15) is 36.0 Å². The lowest BCUT2D eigenvalue weighted by Gasteiger charge is -2.21. The zero-order chi connectivity index (χ0) is 17.1. The van der Waals surface area contributed by atoms with Gasteiger partial charge in [0.2, 0.25) is 5.13 Å². The van der Waals surface area contributed by atoms with Gasteiger partial charge in [-0.1, -0.05) is 17.8 Å². The number of nitrogens with one attached hydrogen (secondary N) is 3. The first kappa shape index (κ1) is 15.6. The Hall–Kier alpha value is -2.88. The van der Waals surface area contributed by atoms with E-state index >= 15 is 0 Å². The molecule has 0 spiro atoms. The van der Waals surface area contributed by atoms with Crippen LogP contribution in [0, 0.1) is 0 Å². The maximum absolute atomic E-state index is 12.0. The highest BCUT2D eigenvalue weighted by atomic mass is 32.1. The van der Waals surface area contributed by atoms with E-state index in [1.807, 2.05) is 12.1 Å². The van der Waals surface area contributed by atoms with Gasteiger partial charge in [0.1, 0.15) is 10.8 Å². The third-order valence-corrected chi connectivity index (χ3v) is 5.00. The number of aromatic nitrogens is 6. The number of nitrogens with zero attached hydrogens (tertiary/aromatic N) is 5. The lowest BCUT2D eigenvalue weighted by molar-refractivity contribution is 0.251. The van der Waals surface area contributed by atoms with Crippen molar-refractivity contribution in [1.29, 1.82) is 0 Å². The largest absolute Gasteiger partial charge is 0.331 e. The SMILES string of the molecule is O=C(NCc1nc(-c2ccncc2)n[nH]1)Nc1nnc(C2CCC2)s1. The number of hydrogen-bond donors (Lipinski definition) is 3. The summed E-state index contributed by atoms with van der Waals surface area (Å²) >= 11 is 1.43. The average molecular weight is 356 g/mol. The predicted octanol–water partition coefficient (Wildman–Crippen LogP) is 2.31. The molecule has 0 aliphatic heterocycles. The molecule has 128 valence electrons. The number of amides is 2. The van der Waals surface area contributed by atoms with Crippen molar-refractivity contribution in [2.45, 2.75) is 31.7 Å². The third-order valence-electron chi connectivity index (χ3n) is 4.00. The summed E-state index contributed by atoms with van der Waals surface area (Å²) in [6.07, 6.45) is 6.92. The summed E-state index contributed by atoms with van der Waals surface area (Å²) in [4.78, 5) is 20.3. The molecule has 3 heterocycles. The minimum absolute atomic E-state index is 0.234. The van der Waals surface area contributed by atoms with Gasteiger partial charge < -0.3 is 5.32 Å². The molecule has 3 aromatic rings. The molecule has 3 aromatic heterocycles. The highest BCUT2D eigenvalue weighted by Gasteiger charge is 2.23. The van der Waals surface area contributed by atoms with Gasteiger partial charge in [-0.25, -0.2) is 9.78 Å². The van der Waals surface area contributed by atoms with E-state index in [-0.39, 0.29) is 12.6 Å². The van der Waals surface area contributed by atoms with Crippen molar-refractivity contribution in [3.63, 3.8) is 0 Å². The summed E-state index contributed by atoms with van der Waals surface area (Å²) in [6, 6.07) is 3.29. The lowest BCUT2D eigenvalue weighted by atomic mass is 9.86. The fraction of sp³-hybridized carbons (Fsp3) is 0.333. The zero-order valence-electron chi connectivity index (χ0n) is 13.3. The molecule has 9 nitrogen and oxygen atoms in total. The van der Waals surface area contributed by atoms with Crippen molar-refractivity contribution in [3.8, 4) is 11.4 Å². The summed E-state index contributed by atoms with van der Waals surface area (Å²) in [5, 5.41) is 22.0. The zero-order valence-corrected chi connectivity index (χ0v) is 14.1. The van der Waals surface area contributed by atoms with Gasteiger partial charge in [0, 0.05) is 23.9 Å². The molecule has 4 rings (SSSR count). The van der Waals surface area contributed by atoms with Crippen LogP contribution in [0.4, 0.5) is 9.93 Å². The number of aromatic amines is 1. The summed E-state index contributed by atoms with van der Waals surface area (Å²) in [5.74, 6) is 1.64. The molecule has 3 N–H and O–H groups in total. The van der Waals surface area contributed by atoms with Gasteiger partial charge in [-0.15, -0.1) is 10.2 Å². The molecule has 0 saturated heterocycles. The van der Waals surface area contributed by atoms with Crippen molar-refractivity contribution >= 4 is 22.5 Å². The van der Waals surface area contributed by atoms with Crippen molar-refractivity contribution in [1.82, 2.24) is 35.7 Å². The monoisotopic (exact) mass is 356 g/mol. The molecule has 1 aliphatic rings. The van der Waals surface area contributed by atoms with Gasteiger partial charge in [0.25, 0.3) is 0 Å². The van der Waals surface area contributed by atoms with E-state index in [9.17, 15) is 4.79 Å². The topological polar surface area (TPSA) is 121 Å². The van der Waals surface area contributed by atoms with Gasteiger partial charge in [0.15, 0.2) is 5.82 Å². The summed E-state index contributed by atoms with van der Waals surface area (Å²) in [7, 11) is 0. The molecule has 0 radical (unpaired) electrons. The van der Waals surface area contributed by atoms with Crippen LogP contribution in [0.5, 0.6) is 0 Å². The fourth-order valence-corrected chi connectivity index (χ4v) is 3.32. The molecule has 1 aliphatic carbocycles. The van der Waals surface area contributed by atoms with Gasteiger partial charge in [-0.05, 0) is 25.0 Å². The standard InChI is InChI=1S/C15H16N8OS/c24-14(19-15-23-22-13(25-15)10-2-1-3-10)17-8-11-18-12(21-20-11)9-4-6-16-7-5-9/h4-7,10H,1-3,8H2,(H,18,20,21)(H2,17,19,23,24). The van der Waals surface area contributed by atoms with Crippen molar-refractivity contribution < 1.29 is 4.79 Å². The number of carbonyl (C=O) groups is 1. The molecule has 0 aromatic carbocycles. The maximum atomic E-state index is 12.0. The maximum Gasteiger partial charge on any atom is 0.321 e. The van der Waals surface area contributed by atoms with Crippen molar-refractivity contribution in [2.24, 2.45) is 0 Å². The number of carbonyl (C=O) groups excluding carboxylic acids is 1. The molecule has 0 unspecified atom stereocenters. The van der Waals surface area contributed by atoms with Crippen LogP contribution in [0.3, 0.4) is 0 Å². The number of rotatable bonds is 5. The number of pyridine rings is 1. The highest BCUT2D eigenvalue weighted by Crippen LogP contribution is 2.38. The van der Waals surface area contributed by atoms with Gasteiger partial charge in [-0.3, -0.25) is 15.4 Å². The van der Waals surface area contributed by atoms with Crippen LogP contribution in [-0.4, -0.2) is 36.4 Å². The fourth-order valence-electron chi connectivity index (χ4n) is 2.42. The second-order valence-corrected chi connectivity index (χ2v) is 6.73. The van der Waals surface area contributed by atoms with Crippen molar-refractivity contribution in [2.75, 3.05) is 5.32 Å². The molecular weight excluding hydrogens is 340 g/mol. The number of hydrogen-bond acceptors (Lipinski definition) is 7. The predicted molar refractivity (Wildman–Crippen MR) is 92.0 cm³/mol. The Bertz CT molecular complexity index is 857. The molecule has 2 amide bonds. The highest BCUT2D eigenvalue weighted by molar-refractivity contribution is 7.15. The molecule has 1 fully saturated rings.